The van der Waals surface area contributed by atoms with Crippen molar-refractivity contribution in [3.63, 3.8) is 0 Å². The van der Waals surface area contributed by atoms with E-state index >= 15 is 0 Å². The molecule has 2 heterocycles. The molecule has 0 unspecified atom stereocenters. The maximum absolute atomic E-state index is 9.21. The van der Waals surface area contributed by atoms with E-state index in [0.717, 1.165) is 19.4 Å². The van der Waals surface area contributed by atoms with E-state index in [1.807, 2.05) is 17.1 Å². The first-order valence-electron chi connectivity index (χ1n) is 8.65. The lowest BCUT2D eigenvalue weighted by atomic mass is 9.90. The van der Waals surface area contributed by atoms with Gasteiger partial charge in [-0.1, -0.05) is 30.2 Å². The van der Waals surface area contributed by atoms with Gasteiger partial charge in [0.05, 0.1) is 18.8 Å². The normalized spacial score (nSPS) is 21.4. The molecule has 1 aromatic carbocycles. The molecular formula is C18H23N5O. The second-order valence-electron chi connectivity index (χ2n) is 6.54. The van der Waals surface area contributed by atoms with Crippen molar-refractivity contribution >= 4 is 10.9 Å². The molecule has 126 valence electrons. The van der Waals surface area contributed by atoms with E-state index < -0.39 is 0 Å². The molecular weight excluding hydrogens is 302 g/mol. The number of aliphatic hydroxyl groups excluding tert-OH is 1. The Balaban J connectivity index is 1.50. The largest absolute Gasteiger partial charge is 0.390 e. The summed E-state index contributed by atoms with van der Waals surface area (Å²) in [5.74, 6) is 0. The van der Waals surface area contributed by atoms with Crippen LogP contribution in [0.1, 0.15) is 43.0 Å². The van der Waals surface area contributed by atoms with E-state index in [-0.39, 0.29) is 6.61 Å². The molecule has 3 N–H and O–H groups in total. The molecule has 1 aliphatic carbocycles. The summed E-state index contributed by atoms with van der Waals surface area (Å²) in [5.41, 5.74) is 3.13. The zero-order valence-corrected chi connectivity index (χ0v) is 13.7. The van der Waals surface area contributed by atoms with Crippen LogP contribution in [0.4, 0.5) is 0 Å². The Labute approximate surface area is 140 Å². The molecule has 0 amide bonds. The summed E-state index contributed by atoms with van der Waals surface area (Å²) in [6.45, 7) is 0.790. The predicted molar refractivity (Wildman–Crippen MR) is 92.4 cm³/mol. The van der Waals surface area contributed by atoms with Gasteiger partial charge >= 0.3 is 0 Å². The number of aliphatic hydroxyl groups is 1. The van der Waals surface area contributed by atoms with Crippen LogP contribution in [-0.4, -0.2) is 31.1 Å². The van der Waals surface area contributed by atoms with Crippen molar-refractivity contribution in [1.29, 1.82) is 0 Å². The molecule has 3 aromatic rings. The third-order valence-electron chi connectivity index (χ3n) is 5.03. The van der Waals surface area contributed by atoms with E-state index in [0.29, 0.717) is 17.8 Å². The van der Waals surface area contributed by atoms with Crippen LogP contribution in [0.25, 0.3) is 10.9 Å². The Kier molecular flexibility index (Phi) is 4.32. The zero-order chi connectivity index (χ0) is 16.4. The molecule has 0 aliphatic heterocycles. The van der Waals surface area contributed by atoms with E-state index in [2.05, 4.69) is 44.9 Å². The fourth-order valence-corrected chi connectivity index (χ4v) is 3.76. The molecule has 24 heavy (non-hydrogen) atoms. The van der Waals surface area contributed by atoms with Gasteiger partial charge in [0.25, 0.3) is 0 Å². The third kappa shape index (κ3) is 2.95. The molecule has 4 rings (SSSR count). The lowest BCUT2D eigenvalue weighted by molar-refractivity contribution is 0.242. The first-order chi connectivity index (χ1) is 11.8. The molecule has 1 saturated carbocycles. The Bertz CT molecular complexity index is 808. The topological polar surface area (TPSA) is 78.8 Å². The highest BCUT2D eigenvalue weighted by molar-refractivity contribution is 5.82. The lowest BCUT2D eigenvalue weighted by Crippen LogP contribution is -2.39. The van der Waals surface area contributed by atoms with Crippen LogP contribution in [0.3, 0.4) is 0 Å². The number of aromatic amines is 1. The van der Waals surface area contributed by atoms with Crippen LogP contribution < -0.4 is 5.32 Å². The van der Waals surface area contributed by atoms with Gasteiger partial charge in [-0.2, -0.15) is 0 Å². The van der Waals surface area contributed by atoms with Gasteiger partial charge in [0.15, 0.2) is 0 Å². The average molecular weight is 325 g/mol. The van der Waals surface area contributed by atoms with Gasteiger partial charge in [-0.3, -0.25) is 0 Å². The van der Waals surface area contributed by atoms with Crippen molar-refractivity contribution in [2.24, 2.45) is 0 Å². The molecule has 0 radical (unpaired) electrons. The van der Waals surface area contributed by atoms with Crippen molar-refractivity contribution in [2.45, 2.75) is 50.9 Å². The van der Waals surface area contributed by atoms with Gasteiger partial charge in [0, 0.05) is 29.7 Å². The first kappa shape index (κ1) is 15.4. The summed E-state index contributed by atoms with van der Waals surface area (Å²) in [4.78, 5) is 3.27. The number of nitrogens with one attached hydrogen (secondary N) is 2. The maximum atomic E-state index is 9.21. The Hall–Kier alpha value is -2.18. The van der Waals surface area contributed by atoms with Crippen molar-refractivity contribution in [3.05, 3.63) is 47.9 Å². The van der Waals surface area contributed by atoms with Crippen molar-refractivity contribution in [1.82, 2.24) is 25.3 Å². The summed E-state index contributed by atoms with van der Waals surface area (Å²) in [6.07, 6.45) is 8.55. The highest BCUT2D eigenvalue weighted by atomic mass is 16.3. The van der Waals surface area contributed by atoms with Gasteiger partial charge in [0.2, 0.25) is 0 Å². The summed E-state index contributed by atoms with van der Waals surface area (Å²) >= 11 is 0. The number of H-pyrrole nitrogens is 1. The van der Waals surface area contributed by atoms with E-state index in [9.17, 15) is 5.11 Å². The third-order valence-corrected chi connectivity index (χ3v) is 5.03. The van der Waals surface area contributed by atoms with Gasteiger partial charge in [0.1, 0.15) is 5.69 Å². The highest BCUT2D eigenvalue weighted by Crippen LogP contribution is 2.29. The lowest BCUT2D eigenvalue weighted by Gasteiger charge is -2.32. The maximum Gasteiger partial charge on any atom is 0.108 e. The van der Waals surface area contributed by atoms with Gasteiger partial charge in [-0.05, 0) is 30.5 Å². The minimum absolute atomic E-state index is 0.0553. The molecule has 6 heteroatoms. The summed E-state index contributed by atoms with van der Waals surface area (Å²) in [6, 6.07) is 9.20. The Morgan fingerprint density at radius 3 is 3.04 bits per heavy atom. The SMILES string of the molecule is OCc1cn([C@@H]2CCCC[C@@H]2NCc2cccc3[nH]ccc23)nn1. The number of aromatic nitrogens is 4. The van der Waals surface area contributed by atoms with Crippen LogP contribution in [0.2, 0.25) is 0 Å². The van der Waals surface area contributed by atoms with Crippen molar-refractivity contribution in [3.8, 4) is 0 Å². The standard InChI is InChI=1S/C18H23N5O/c24-12-14-11-23(22-21-14)18-7-2-1-5-17(18)20-10-13-4-3-6-16-15(13)8-9-19-16/h3-4,6,8-9,11,17-20,24H,1-2,5,7,10,12H2/t17-,18+/m0/s1. The number of fused-ring (bicyclic) bond motifs is 1. The molecule has 0 spiro atoms. The summed E-state index contributed by atoms with van der Waals surface area (Å²) < 4.78 is 1.93. The summed E-state index contributed by atoms with van der Waals surface area (Å²) in [5, 5.41) is 22.5. The molecule has 0 saturated heterocycles. The number of hydrogen-bond donors (Lipinski definition) is 3. The van der Waals surface area contributed by atoms with Crippen LogP contribution in [0, 0.1) is 0 Å². The zero-order valence-electron chi connectivity index (χ0n) is 13.7. The van der Waals surface area contributed by atoms with E-state index in [1.165, 1.54) is 29.3 Å². The van der Waals surface area contributed by atoms with Gasteiger partial charge in [-0.25, -0.2) is 4.68 Å². The first-order valence-corrected chi connectivity index (χ1v) is 8.65. The number of nitrogens with zero attached hydrogens (tertiary/aromatic N) is 3. The van der Waals surface area contributed by atoms with E-state index in [4.69, 9.17) is 0 Å². The van der Waals surface area contributed by atoms with Gasteiger partial charge in [-0.15, -0.1) is 5.10 Å². The molecule has 6 nitrogen and oxygen atoms in total. The summed E-state index contributed by atoms with van der Waals surface area (Å²) in [7, 11) is 0. The molecule has 2 atom stereocenters. The fourth-order valence-electron chi connectivity index (χ4n) is 3.76. The minimum atomic E-state index is -0.0553. The Morgan fingerprint density at radius 1 is 1.25 bits per heavy atom. The predicted octanol–water partition coefficient (Wildman–Crippen LogP) is 2.53. The second-order valence-corrected chi connectivity index (χ2v) is 6.54. The molecule has 2 aromatic heterocycles. The monoisotopic (exact) mass is 325 g/mol. The van der Waals surface area contributed by atoms with Crippen LogP contribution >= 0.6 is 0 Å². The highest BCUT2D eigenvalue weighted by Gasteiger charge is 2.27. The number of hydrogen-bond acceptors (Lipinski definition) is 4. The number of benzene rings is 1. The number of rotatable bonds is 5. The van der Waals surface area contributed by atoms with E-state index in [1.54, 1.807) is 0 Å². The average Bonchev–Trinajstić information content (AvgIpc) is 3.29. The molecule has 1 fully saturated rings. The van der Waals surface area contributed by atoms with Crippen LogP contribution in [-0.2, 0) is 13.2 Å². The van der Waals surface area contributed by atoms with Crippen LogP contribution in [0.5, 0.6) is 0 Å². The van der Waals surface area contributed by atoms with Crippen molar-refractivity contribution in [2.75, 3.05) is 0 Å². The minimum Gasteiger partial charge on any atom is -0.390 e. The fraction of sp³-hybridized carbons (Fsp3) is 0.444. The Morgan fingerprint density at radius 2 is 2.17 bits per heavy atom. The van der Waals surface area contributed by atoms with Gasteiger partial charge < -0.3 is 15.4 Å². The van der Waals surface area contributed by atoms with Crippen LogP contribution in [0.15, 0.2) is 36.7 Å². The quantitative estimate of drug-likeness (QED) is 0.673. The second kappa shape index (κ2) is 6.75. The smallest absolute Gasteiger partial charge is 0.108 e. The molecule has 0 bridgehead atoms. The molecule has 1 aliphatic rings. The van der Waals surface area contributed by atoms with Crippen molar-refractivity contribution < 1.29 is 5.11 Å².